The van der Waals surface area contributed by atoms with Gasteiger partial charge in [-0.2, -0.15) is 0 Å². The Bertz CT molecular complexity index is 1070. The van der Waals surface area contributed by atoms with Gasteiger partial charge in [-0.15, -0.1) is 6.58 Å². The van der Waals surface area contributed by atoms with E-state index in [1.54, 1.807) is 12.1 Å². The zero-order chi connectivity index (χ0) is 27.2. The summed E-state index contributed by atoms with van der Waals surface area (Å²) in [6.45, 7) is 6.58. The molecule has 0 amide bonds. The number of alkyl halides is 2. The van der Waals surface area contributed by atoms with Crippen molar-refractivity contribution in [2.45, 2.75) is 82.7 Å². The number of hydrogen-bond donors (Lipinski definition) is 2. The van der Waals surface area contributed by atoms with Crippen LogP contribution in [0.1, 0.15) is 103 Å². The lowest BCUT2D eigenvalue weighted by Gasteiger charge is -2.34. The Labute approximate surface area is 218 Å². The van der Waals surface area contributed by atoms with Crippen molar-refractivity contribution in [1.82, 2.24) is 0 Å². The van der Waals surface area contributed by atoms with Gasteiger partial charge < -0.3 is 10.2 Å². The van der Waals surface area contributed by atoms with Crippen LogP contribution in [0.5, 0.6) is 0 Å². The minimum atomic E-state index is -3.37. The number of halogens is 2. The lowest BCUT2D eigenvalue weighted by molar-refractivity contribution is -0.175. The van der Waals surface area contributed by atoms with Crippen LogP contribution in [0.25, 0.3) is 0 Å². The zero-order valence-electron chi connectivity index (χ0n) is 21.8. The van der Waals surface area contributed by atoms with E-state index >= 15 is 0 Å². The van der Waals surface area contributed by atoms with E-state index in [2.05, 4.69) is 13.5 Å². The number of ketones is 1. The van der Waals surface area contributed by atoms with Crippen molar-refractivity contribution in [2.24, 2.45) is 11.8 Å². The number of carbonyl (C=O) groups is 2. The Morgan fingerprint density at radius 2 is 1.59 bits per heavy atom. The van der Waals surface area contributed by atoms with Crippen molar-refractivity contribution >= 4 is 11.8 Å². The number of aromatic carboxylic acids is 1. The largest absolute Gasteiger partial charge is 0.478 e. The lowest BCUT2D eigenvalue weighted by atomic mass is 9.71. The van der Waals surface area contributed by atoms with Crippen molar-refractivity contribution in [2.75, 3.05) is 0 Å². The minimum absolute atomic E-state index is 0.0188. The first-order valence-corrected chi connectivity index (χ1v) is 13.2. The van der Waals surface area contributed by atoms with Gasteiger partial charge in [0.2, 0.25) is 0 Å². The molecule has 6 heteroatoms. The Morgan fingerprint density at radius 1 is 1.03 bits per heavy atom. The molecule has 4 nitrogen and oxygen atoms in total. The molecule has 0 heterocycles. The first kappa shape index (κ1) is 28.7. The number of rotatable bonds is 12. The predicted molar refractivity (Wildman–Crippen MR) is 141 cm³/mol. The summed E-state index contributed by atoms with van der Waals surface area (Å²) in [6.07, 6.45) is 6.90. The van der Waals surface area contributed by atoms with E-state index in [4.69, 9.17) is 5.11 Å². The monoisotopic (exact) mass is 512 g/mol. The molecular formula is C31H38F2O4. The summed E-state index contributed by atoms with van der Waals surface area (Å²) in [4.78, 5) is 23.9. The second-order valence-corrected chi connectivity index (χ2v) is 10.5. The fourth-order valence-electron chi connectivity index (χ4n) is 5.63. The van der Waals surface area contributed by atoms with Gasteiger partial charge in [0.15, 0.2) is 11.4 Å². The zero-order valence-corrected chi connectivity index (χ0v) is 21.8. The van der Waals surface area contributed by atoms with Crippen LogP contribution in [0, 0.1) is 11.8 Å². The van der Waals surface area contributed by atoms with Crippen LogP contribution in [-0.4, -0.2) is 27.9 Å². The Kier molecular flexibility index (Phi) is 9.41. The van der Waals surface area contributed by atoms with Gasteiger partial charge in [-0.25, -0.2) is 13.6 Å². The standard InChI is InChI=1S/C31H38F2O4/c1-4-20-31(32,33)30(3,37)27-17-14-25(15-18-27)28(34)19-16-21(5-2)22-6-8-23(9-7-22)24-10-12-26(13-11-24)29(35)36/h4,10-15,17-18,21-23,37H,1,5-9,16,19-20H2,2-3H3,(H,35,36)/t21?,22?,23?,30-/m0/s1. The predicted octanol–water partition coefficient (Wildman–Crippen LogP) is 7.77. The minimum Gasteiger partial charge on any atom is -0.478 e. The average Bonchev–Trinajstić information content (AvgIpc) is 2.89. The summed E-state index contributed by atoms with van der Waals surface area (Å²) in [5.41, 5.74) is -0.325. The molecule has 37 heavy (non-hydrogen) atoms. The molecule has 2 atom stereocenters. The molecule has 0 bridgehead atoms. The SMILES string of the molecule is C=CCC(F)(F)[C@@](C)(O)c1ccc(C(=O)CCC(CC)C2CCC(c3ccc(C(=O)O)cc3)CC2)cc1. The molecule has 2 aromatic rings. The van der Waals surface area contributed by atoms with E-state index in [1.165, 1.54) is 29.8 Å². The fraction of sp³-hybridized carbons (Fsp3) is 0.484. The number of Topliss-reactive ketones (excluding diaryl/α,β-unsaturated/α-hetero) is 1. The molecule has 1 aliphatic rings. The van der Waals surface area contributed by atoms with Crippen LogP contribution >= 0.6 is 0 Å². The van der Waals surface area contributed by atoms with E-state index in [0.29, 0.717) is 35.3 Å². The molecule has 1 fully saturated rings. The van der Waals surface area contributed by atoms with Crippen LogP contribution in [0.2, 0.25) is 0 Å². The molecule has 1 unspecified atom stereocenters. The summed E-state index contributed by atoms with van der Waals surface area (Å²) < 4.78 is 28.7. The van der Waals surface area contributed by atoms with Gasteiger partial charge in [-0.1, -0.05) is 55.8 Å². The van der Waals surface area contributed by atoms with E-state index in [9.17, 15) is 23.5 Å². The Morgan fingerprint density at radius 3 is 2.11 bits per heavy atom. The number of hydrogen-bond acceptors (Lipinski definition) is 3. The van der Waals surface area contributed by atoms with Crippen molar-refractivity contribution in [3.8, 4) is 0 Å². The Balaban J connectivity index is 1.54. The number of benzene rings is 2. The third-order valence-corrected chi connectivity index (χ3v) is 8.22. The van der Waals surface area contributed by atoms with Gasteiger partial charge in [-0.3, -0.25) is 4.79 Å². The quantitative estimate of drug-likeness (QED) is 0.225. The average molecular weight is 513 g/mol. The molecule has 0 saturated heterocycles. The van der Waals surface area contributed by atoms with Crippen molar-refractivity contribution in [3.63, 3.8) is 0 Å². The summed E-state index contributed by atoms with van der Waals surface area (Å²) in [7, 11) is 0. The van der Waals surface area contributed by atoms with Gasteiger partial charge in [0.25, 0.3) is 5.92 Å². The molecule has 2 aromatic carbocycles. The highest BCUT2D eigenvalue weighted by atomic mass is 19.3. The van der Waals surface area contributed by atoms with E-state index in [-0.39, 0.29) is 11.3 Å². The first-order chi connectivity index (χ1) is 17.5. The third kappa shape index (κ3) is 6.72. The van der Waals surface area contributed by atoms with Gasteiger partial charge >= 0.3 is 5.97 Å². The molecule has 1 aliphatic carbocycles. The van der Waals surface area contributed by atoms with Crippen LogP contribution in [-0.2, 0) is 5.60 Å². The number of allylic oxidation sites excluding steroid dienone is 1. The van der Waals surface area contributed by atoms with Gasteiger partial charge in [0, 0.05) is 18.4 Å². The van der Waals surface area contributed by atoms with Crippen LogP contribution < -0.4 is 0 Å². The maximum absolute atomic E-state index is 14.3. The number of carboxylic acids is 1. The summed E-state index contributed by atoms with van der Waals surface area (Å²) in [6, 6.07) is 13.1. The van der Waals surface area contributed by atoms with Crippen molar-refractivity contribution < 1.29 is 28.6 Å². The smallest absolute Gasteiger partial charge is 0.335 e. The van der Waals surface area contributed by atoms with Crippen molar-refractivity contribution in [1.29, 1.82) is 0 Å². The number of aliphatic hydroxyl groups is 1. The number of carbonyl (C=O) groups excluding carboxylic acids is 1. The highest BCUT2D eigenvalue weighted by Crippen LogP contribution is 2.42. The second-order valence-electron chi connectivity index (χ2n) is 10.5. The summed E-state index contributed by atoms with van der Waals surface area (Å²) in [5, 5.41) is 19.5. The first-order valence-electron chi connectivity index (χ1n) is 13.2. The van der Waals surface area contributed by atoms with Gasteiger partial charge in [0.05, 0.1) is 5.56 Å². The molecule has 0 aromatic heterocycles. The second kappa shape index (κ2) is 12.1. The van der Waals surface area contributed by atoms with Crippen LogP contribution in [0.3, 0.4) is 0 Å². The normalized spacial score (nSPS) is 20.6. The van der Waals surface area contributed by atoms with Gasteiger partial charge in [-0.05, 0) is 80.0 Å². The molecular weight excluding hydrogens is 474 g/mol. The van der Waals surface area contributed by atoms with E-state index < -0.39 is 23.9 Å². The Hall–Kier alpha value is -2.86. The highest BCUT2D eigenvalue weighted by Gasteiger charge is 2.49. The molecule has 0 aliphatic heterocycles. The van der Waals surface area contributed by atoms with E-state index in [0.717, 1.165) is 51.5 Å². The maximum Gasteiger partial charge on any atom is 0.335 e. The molecule has 200 valence electrons. The van der Waals surface area contributed by atoms with Crippen LogP contribution in [0.4, 0.5) is 8.78 Å². The molecule has 1 saturated carbocycles. The maximum atomic E-state index is 14.3. The molecule has 0 radical (unpaired) electrons. The van der Waals surface area contributed by atoms with Crippen molar-refractivity contribution in [3.05, 3.63) is 83.4 Å². The summed E-state index contributed by atoms with van der Waals surface area (Å²) >= 11 is 0. The van der Waals surface area contributed by atoms with Crippen LogP contribution in [0.15, 0.2) is 61.2 Å². The third-order valence-electron chi connectivity index (χ3n) is 8.22. The highest BCUT2D eigenvalue weighted by molar-refractivity contribution is 5.96. The summed E-state index contributed by atoms with van der Waals surface area (Å²) in [5.74, 6) is -2.87. The van der Waals surface area contributed by atoms with E-state index in [1.807, 2.05) is 12.1 Å². The fourth-order valence-corrected chi connectivity index (χ4v) is 5.63. The molecule has 0 spiro atoms. The number of carboxylic acid groups (broad SMARTS) is 1. The lowest BCUT2D eigenvalue weighted by Crippen LogP contribution is -2.42. The van der Waals surface area contributed by atoms with Gasteiger partial charge in [0.1, 0.15) is 0 Å². The topological polar surface area (TPSA) is 74.6 Å². The molecule has 3 rings (SSSR count). The molecule has 2 N–H and O–H groups in total.